The molecule has 208 valence electrons. The van der Waals surface area contributed by atoms with Crippen molar-refractivity contribution in [3.8, 4) is 0 Å². The topological polar surface area (TPSA) is 44.0 Å². The minimum Gasteiger partial charge on any atom is -0.456 e. The molecule has 0 radical (unpaired) electrons. The maximum absolute atomic E-state index is 6.40. The molecule has 0 aliphatic carbocycles. The molecular weight excluding hydrogens is 517 g/mol. The SMILES string of the molecule is CC1(C)OB(c2ccc3oc4cccc(C5=N/C(c6ccccc6)=C\CCC(c6ccccc6)=C5)c4c3c2)OC1(C)C. The molecule has 0 atom stereocenters. The summed E-state index contributed by atoms with van der Waals surface area (Å²) in [6.07, 6.45) is 6.36. The number of hydrogen-bond acceptors (Lipinski definition) is 4. The van der Waals surface area contributed by atoms with E-state index in [1.165, 1.54) is 11.1 Å². The van der Waals surface area contributed by atoms with E-state index in [9.17, 15) is 0 Å². The standard InChI is InChI=1S/C37H34BNO3/c1-36(2)37(3,4)42-38(41-36)28-21-22-33-30(24-28)35-29(18-12-20-34(35)40-33)32-23-27(25-13-7-5-8-14-25)17-11-19-31(39-32)26-15-9-6-10-16-26/h5-10,12-16,18-24H,11,17H2,1-4H3/b27-23?,31-19-,39-32?. The van der Waals surface area contributed by atoms with Gasteiger partial charge in [-0.05, 0) is 80.9 Å². The third-order valence-corrected chi connectivity index (χ3v) is 8.84. The second kappa shape index (κ2) is 10.3. The van der Waals surface area contributed by atoms with Crippen LogP contribution in [0.2, 0.25) is 0 Å². The van der Waals surface area contributed by atoms with Crippen LogP contribution >= 0.6 is 0 Å². The Morgan fingerprint density at radius 2 is 1.40 bits per heavy atom. The number of aliphatic imine (C=N–C) groups is 1. The Morgan fingerprint density at radius 1 is 0.714 bits per heavy atom. The van der Waals surface area contributed by atoms with E-state index >= 15 is 0 Å². The molecule has 0 bridgehead atoms. The minimum atomic E-state index is -0.451. The average molecular weight is 551 g/mol. The van der Waals surface area contributed by atoms with Crippen molar-refractivity contribution in [1.82, 2.24) is 0 Å². The van der Waals surface area contributed by atoms with Crippen molar-refractivity contribution in [2.75, 3.05) is 0 Å². The molecule has 0 spiro atoms. The molecule has 2 aliphatic rings. The number of furan rings is 1. The van der Waals surface area contributed by atoms with Gasteiger partial charge in [0.25, 0.3) is 0 Å². The normalized spacial score (nSPS) is 19.6. The van der Waals surface area contributed by atoms with Crippen LogP contribution in [-0.4, -0.2) is 24.0 Å². The first kappa shape index (κ1) is 26.7. The van der Waals surface area contributed by atoms with Crippen molar-refractivity contribution in [3.05, 3.63) is 126 Å². The number of benzene rings is 4. The number of fused-ring (bicyclic) bond motifs is 3. The van der Waals surface area contributed by atoms with Crippen molar-refractivity contribution in [3.63, 3.8) is 0 Å². The molecule has 4 nitrogen and oxygen atoms in total. The highest BCUT2D eigenvalue weighted by atomic mass is 16.7. The lowest BCUT2D eigenvalue weighted by Gasteiger charge is -2.32. The molecule has 4 aromatic carbocycles. The Morgan fingerprint density at radius 3 is 2.12 bits per heavy atom. The van der Waals surface area contributed by atoms with Crippen LogP contribution in [0.4, 0.5) is 0 Å². The van der Waals surface area contributed by atoms with Crippen LogP contribution in [0.15, 0.2) is 119 Å². The van der Waals surface area contributed by atoms with Crippen LogP contribution in [0, 0.1) is 0 Å². The molecular formula is C37H34BNO3. The van der Waals surface area contributed by atoms with E-state index < -0.39 is 18.3 Å². The Kier molecular flexibility index (Phi) is 6.53. The van der Waals surface area contributed by atoms with Gasteiger partial charge in [-0.25, -0.2) is 4.99 Å². The lowest BCUT2D eigenvalue weighted by atomic mass is 9.78. The predicted octanol–water partition coefficient (Wildman–Crippen LogP) is 8.59. The summed E-state index contributed by atoms with van der Waals surface area (Å²) < 4.78 is 19.2. The summed E-state index contributed by atoms with van der Waals surface area (Å²) in [7, 11) is -0.451. The highest BCUT2D eigenvalue weighted by Crippen LogP contribution is 2.38. The minimum absolute atomic E-state index is 0.414. The summed E-state index contributed by atoms with van der Waals surface area (Å²) in [6, 6.07) is 33.5. The van der Waals surface area contributed by atoms with Crippen LogP contribution in [0.25, 0.3) is 33.2 Å². The van der Waals surface area contributed by atoms with E-state index in [2.05, 4.69) is 113 Å². The van der Waals surface area contributed by atoms with Crippen LogP contribution in [-0.2, 0) is 9.31 Å². The number of nitrogens with zero attached hydrogens (tertiary/aromatic N) is 1. The van der Waals surface area contributed by atoms with E-state index in [0.29, 0.717) is 0 Å². The van der Waals surface area contributed by atoms with Crippen molar-refractivity contribution < 1.29 is 13.7 Å². The Balaban J connectivity index is 1.42. The fourth-order valence-electron chi connectivity index (χ4n) is 5.80. The Bertz CT molecular complexity index is 1860. The highest BCUT2D eigenvalue weighted by molar-refractivity contribution is 6.62. The maximum atomic E-state index is 6.40. The van der Waals surface area contributed by atoms with Gasteiger partial charge >= 0.3 is 7.12 Å². The molecule has 7 rings (SSSR count). The maximum Gasteiger partial charge on any atom is 0.494 e. The number of allylic oxidation sites excluding steroid dienone is 3. The van der Waals surface area contributed by atoms with Gasteiger partial charge in [-0.3, -0.25) is 0 Å². The third-order valence-electron chi connectivity index (χ3n) is 8.84. The lowest BCUT2D eigenvalue weighted by Crippen LogP contribution is -2.41. The predicted molar refractivity (Wildman–Crippen MR) is 174 cm³/mol. The Hall–Kier alpha value is -4.19. The van der Waals surface area contributed by atoms with Crippen LogP contribution in [0.3, 0.4) is 0 Å². The van der Waals surface area contributed by atoms with Gasteiger partial charge in [0.15, 0.2) is 0 Å². The van der Waals surface area contributed by atoms with E-state index in [0.717, 1.165) is 62.8 Å². The summed E-state index contributed by atoms with van der Waals surface area (Å²) in [5.74, 6) is 0. The summed E-state index contributed by atoms with van der Waals surface area (Å²) in [5.41, 5.74) is 8.33. The van der Waals surface area contributed by atoms with Crippen molar-refractivity contribution in [2.24, 2.45) is 4.99 Å². The largest absolute Gasteiger partial charge is 0.494 e. The van der Waals surface area contributed by atoms with Gasteiger partial charge < -0.3 is 13.7 Å². The monoisotopic (exact) mass is 551 g/mol. The zero-order valence-electron chi connectivity index (χ0n) is 24.6. The van der Waals surface area contributed by atoms with E-state index in [1.54, 1.807) is 0 Å². The summed E-state index contributed by atoms with van der Waals surface area (Å²) in [4.78, 5) is 5.34. The summed E-state index contributed by atoms with van der Waals surface area (Å²) in [6.45, 7) is 8.33. The van der Waals surface area contributed by atoms with E-state index in [-0.39, 0.29) is 0 Å². The van der Waals surface area contributed by atoms with Crippen LogP contribution in [0.1, 0.15) is 57.2 Å². The lowest BCUT2D eigenvalue weighted by molar-refractivity contribution is 0.00578. The molecule has 0 unspecified atom stereocenters. The molecule has 3 heterocycles. The second-order valence-corrected chi connectivity index (χ2v) is 12.2. The van der Waals surface area contributed by atoms with Crippen molar-refractivity contribution in [2.45, 2.75) is 51.7 Å². The number of hydrogen-bond donors (Lipinski definition) is 0. The molecule has 2 aliphatic heterocycles. The van der Waals surface area contributed by atoms with Crippen molar-refractivity contribution >= 4 is 51.5 Å². The smallest absolute Gasteiger partial charge is 0.456 e. The van der Waals surface area contributed by atoms with Crippen LogP contribution in [0.5, 0.6) is 0 Å². The zero-order chi connectivity index (χ0) is 28.9. The first-order valence-corrected chi connectivity index (χ1v) is 14.7. The molecule has 0 amide bonds. The fraction of sp³-hybridized carbons (Fsp3) is 0.216. The second-order valence-electron chi connectivity index (χ2n) is 12.2. The molecule has 5 heteroatoms. The summed E-state index contributed by atoms with van der Waals surface area (Å²) >= 11 is 0. The molecule has 5 aromatic rings. The molecule has 1 fully saturated rings. The first-order chi connectivity index (χ1) is 20.3. The van der Waals surface area contributed by atoms with E-state index in [4.69, 9.17) is 18.7 Å². The quantitative estimate of drug-likeness (QED) is 0.210. The first-order valence-electron chi connectivity index (χ1n) is 14.7. The number of rotatable bonds is 4. The van der Waals surface area contributed by atoms with Gasteiger partial charge in [0, 0.05) is 16.3 Å². The van der Waals surface area contributed by atoms with Gasteiger partial charge in [0.2, 0.25) is 0 Å². The van der Waals surface area contributed by atoms with Gasteiger partial charge in [0.1, 0.15) is 11.2 Å². The van der Waals surface area contributed by atoms with Crippen LogP contribution < -0.4 is 5.46 Å². The highest BCUT2D eigenvalue weighted by Gasteiger charge is 2.51. The third kappa shape index (κ3) is 4.73. The summed E-state index contributed by atoms with van der Waals surface area (Å²) in [5, 5.41) is 2.07. The molecule has 1 aromatic heterocycles. The fourth-order valence-corrected chi connectivity index (χ4v) is 5.80. The Labute approximate surface area is 247 Å². The molecule has 0 N–H and O–H groups in total. The van der Waals surface area contributed by atoms with Gasteiger partial charge in [-0.2, -0.15) is 0 Å². The molecule has 0 saturated carbocycles. The average Bonchev–Trinajstić information content (AvgIpc) is 3.46. The molecule has 1 saturated heterocycles. The molecule has 42 heavy (non-hydrogen) atoms. The van der Waals surface area contributed by atoms with Gasteiger partial charge in [-0.1, -0.05) is 91.0 Å². The van der Waals surface area contributed by atoms with Gasteiger partial charge in [-0.15, -0.1) is 0 Å². The van der Waals surface area contributed by atoms with E-state index in [1.807, 2.05) is 24.3 Å². The van der Waals surface area contributed by atoms with Gasteiger partial charge in [0.05, 0.1) is 22.6 Å². The zero-order valence-corrected chi connectivity index (χ0v) is 24.6. The van der Waals surface area contributed by atoms with Crippen molar-refractivity contribution in [1.29, 1.82) is 0 Å².